The van der Waals surface area contributed by atoms with Crippen molar-refractivity contribution in [1.29, 1.82) is 0 Å². The van der Waals surface area contributed by atoms with Crippen LogP contribution in [0.2, 0.25) is 0 Å². The van der Waals surface area contributed by atoms with E-state index in [-0.39, 0.29) is 5.82 Å². The van der Waals surface area contributed by atoms with E-state index in [1.807, 2.05) is 37.3 Å². The summed E-state index contributed by atoms with van der Waals surface area (Å²) >= 11 is 0. The van der Waals surface area contributed by atoms with Gasteiger partial charge in [-0.15, -0.1) is 0 Å². The smallest absolute Gasteiger partial charge is 0.134 e. The Kier molecular flexibility index (Phi) is 4.70. The number of hydrogen-bond donors (Lipinski definition) is 0. The topological polar surface area (TPSA) is 28.5 Å². The van der Waals surface area contributed by atoms with Crippen LogP contribution in [0.15, 0.2) is 41.5 Å². The zero-order valence-corrected chi connectivity index (χ0v) is 13.7. The number of benzene rings is 1. The summed E-state index contributed by atoms with van der Waals surface area (Å²) in [6.45, 7) is 6.64. The molecule has 1 fully saturated rings. The lowest BCUT2D eigenvalue weighted by Gasteiger charge is -2.33. The maximum atomic E-state index is 14.6. The summed E-state index contributed by atoms with van der Waals surface area (Å²) in [4.78, 5) is 11.1. The van der Waals surface area contributed by atoms with Crippen LogP contribution in [0.5, 0.6) is 0 Å². The number of aryl methyl sites for hydroxylation is 1. The number of rotatable bonds is 5. The third kappa shape index (κ3) is 3.26. The second-order valence-electron chi connectivity index (χ2n) is 5.83. The van der Waals surface area contributed by atoms with Crippen molar-refractivity contribution in [3.8, 4) is 11.1 Å². The van der Waals surface area contributed by atoms with Crippen molar-refractivity contribution in [2.24, 2.45) is 4.99 Å². The molecule has 3 nitrogen and oxygen atoms in total. The number of nitrogens with zero attached hydrogens (tertiary/aromatic N) is 3. The molecule has 2 heterocycles. The summed E-state index contributed by atoms with van der Waals surface area (Å²) in [5.41, 5.74) is 3.45. The summed E-state index contributed by atoms with van der Waals surface area (Å²) < 4.78 is 14.6. The summed E-state index contributed by atoms with van der Waals surface area (Å²) in [6.07, 6.45) is 3.46. The molecule has 1 aliphatic rings. The number of aromatic nitrogens is 1. The number of pyridine rings is 1. The van der Waals surface area contributed by atoms with Crippen molar-refractivity contribution >= 4 is 11.5 Å². The fourth-order valence-electron chi connectivity index (χ4n) is 2.88. The fraction of sp³-hybridized carbons (Fsp3) is 0.368. The van der Waals surface area contributed by atoms with Crippen molar-refractivity contribution < 1.29 is 4.39 Å². The fourth-order valence-corrected chi connectivity index (χ4v) is 2.88. The van der Waals surface area contributed by atoms with E-state index in [0.717, 1.165) is 49.4 Å². The highest BCUT2D eigenvalue weighted by Crippen LogP contribution is 2.27. The van der Waals surface area contributed by atoms with Crippen molar-refractivity contribution in [3.63, 3.8) is 0 Å². The van der Waals surface area contributed by atoms with Crippen LogP contribution in [0.3, 0.4) is 0 Å². The Bertz CT molecular complexity index is 699. The standard InChI is InChI=1S/C19H22FN3/c1-3-6-14-7-5-8-17(19(14)20)15-9-10-18(22-11-15)23-12-16(13-23)21-4-2/h5,7-11H,3-4,6,12-13H2,1-2H3. The van der Waals surface area contributed by atoms with E-state index in [4.69, 9.17) is 0 Å². The van der Waals surface area contributed by atoms with E-state index in [0.29, 0.717) is 5.56 Å². The van der Waals surface area contributed by atoms with E-state index in [1.165, 1.54) is 5.71 Å². The van der Waals surface area contributed by atoms with E-state index < -0.39 is 0 Å². The Morgan fingerprint density at radius 1 is 1.17 bits per heavy atom. The van der Waals surface area contributed by atoms with Gasteiger partial charge in [-0.25, -0.2) is 9.37 Å². The van der Waals surface area contributed by atoms with Gasteiger partial charge in [-0.05, 0) is 31.0 Å². The zero-order valence-electron chi connectivity index (χ0n) is 13.7. The van der Waals surface area contributed by atoms with Gasteiger partial charge < -0.3 is 4.90 Å². The molecule has 120 valence electrons. The van der Waals surface area contributed by atoms with Gasteiger partial charge in [0.05, 0.1) is 18.8 Å². The zero-order chi connectivity index (χ0) is 16.2. The van der Waals surface area contributed by atoms with E-state index in [1.54, 1.807) is 6.20 Å². The maximum absolute atomic E-state index is 14.6. The number of halogens is 1. The molecule has 0 radical (unpaired) electrons. The van der Waals surface area contributed by atoms with Crippen LogP contribution >= 0.6 is 0 Å². The summed E-state index contributed by atoms with van der Waals surface area (Å²) in [5, 5.41) is 0. The highest BCUT2D eigenvalue weighted by molar-refractivity contribution is 5.99. The van der Waals surface area contributed by atoms with Crippen molar-refractivity contribution in [1.82, 2.24) is 4.98 Å². The molecular weight excluding hydrogens is 289 g/mol. The van der Waals surface area contributed by atoms with Crippen LogP contribution in [0.4, 0.5) is 10.2 Å². The Balaban J connectivity index is 1.78. The first-order valence-electron chi connectivity index (χ1n) is 8.23. The Morgan fingerprint density at radius 3 is 2.65 bits per heavy atom. The largest absolute Gasteiger partial charge is 0.345 e. The molecule has 2 aromatic rings. The minimum absolute atomic E-state index is 0.120. The molecule has 0 bridgehead atoms. The van der Waals surface area contributed by atoms with Gasteiger partial charge in [0.1, 0.15) is 11.6 Å². The van der Waals surface area contributed by atoms with Crippen LogP contribution < -0.4 is 4.90 Å². The highest BCUT2D eigenvalue weighted by Gasteiger charge is 2.22. The summed E-state index contributed by atoms with van der Waals surface area (Å²) in [6, 6.07) is 9.51. The molecule has 1 aliphatic heterocycles. The van der Waals surface area contributed by atoms with Gasteiger partial charge >= 0.3 is 0 Å². The Morgan fingerprint density at radius 2 is 2.00 bits per heavy atom. The lowest BCUT2D eigenvalue weighted by Crippen LogP contribution is -2.48. The molecule has 0 unspecified atom stereocenters. The Labute approximate surface area is 136 Å². The van der Waals surface area contributed by atoms with Crippen LogP contribution in [0, 0.1) is 5.82 Å². The number of aliphatic imine (C=N–C) groups is 1. The van der Waals surface area contributed by atoms with Crippen LogP contribution in [-0.4, -0.2) is 30.3 Å². The first kappa shape index (κ1) is 15.7. The van der Waals surface area contributed by atoms with Crippen LogP contribution in [-0.2, 0) is 6.42 Å². The van der Waals surface area contributed by atoms with Gasteiger partial charge in [0.15, 0.2) is 0 Å². The van der Waals surface area contributed by atoms with Crippen LogP contribution in [0.1, 0.15) is 25.8 Å². The van der Waals surface area contributed by atoms with E-state index in [9.17, 15) is 4.39 Å². The molecule has 0 saturated carbocycles. The molecule has 3 rings (SSSR count). The third-order valence-corrected chi connectivity index (χ3v) is 4.11. The van der Waals surface area contributed by atoms with Gasteiger partial charge in [0, 0.05) is 23.9 Å². The molecule has 23 heavy (non-hydrogen) atoms. The molecular formula is C19H22FN3. The quantitative estimate of drug-likeness (QED) is 0.831. The SMILES string of the molecule is CCCc1cccc(-c2ccc(N3CC(=NCC)C3)nc2)c1F. The second kappa shape index (κ2) is 6.90. The molecule has 1 saturated heterocycles. The molecule has 1 aromatic heterocycles. The minimum atomic E-state index is -0.120. The molecule has 0 aliphatic carbocycles. The normalized spacial score (nSPS) is 13.9. The average molecular weight is 311 g/mol. The third-order valence-electron chi connectivity index (χ3n) is 4.11. The molecule has 4 heteroatoms. The molecule has 1 aromatic carbocycles. The predicted molar refractivity (Wildman–Crippen MR) is 93.8 cm³/mol. The molecule has 0 N–H and O–H groups in total. The number of anilines is 1. The predicted octanol–water partition coefficient (Wildman–Crippen LogP) is 4.12. The van der Waals surface area contributed by atoms with Gasteiger partial charge in [-0.3, -0.25) is 4.99 Å². The van der Waals surface area contributed by atoms with E-state index in [2.05, 4.69) is 21.8 Å². The van der Waals surface area contributed by atoms with Gasteiger partial charge in [-0.2, -0.15) is 0 Å². The lowest BCUT2D eigenvalue weighted by molar-refractivity contribution is 0.611. The summed E-state index contributed by atoms with van der Waals surface area (Å²) in [7, 11) is 0. The first-order chi connectivity index (χ1) is 11.2. The molecule has 0 atom stereocenters. The van der Waals surface area contributed by atoms with Crippen LogP contribution in [0.25, 0.3) is 11.1 Å². The molecule has 0 amide bonds. The van der Waals surface area contributed by atoms with Gasteiger partial charge in [0.25, 0.3) is 0 Å². The van der Waals surface area contributed by atoms with Crippen molar-refractivity contribution in [3.05, 3.63) is 47.9 Å². The Hall–Kier alpha value is -2.23. The van der Waals surface area contributed by atoms with Gasteiger partial charge in [0.2, 0.25) is 0 Å². The minimum Gasteiger partial charge on any atom is -0.345 e. The number of hydrogen-bond acceptors (Lipinski definition) is 3. The first-order valence-corrected chi connectivity index (χ1v) is 8.23. The lowest BCUT2D eigenvalue weighted by atomic mass is 10.0. The highest BCUT2D eigenvalue weighted by atomic mass is 19.1. The van der Waals surface area contributed by atoms with Gasteiger partial charge in [-0.1, -0.05) is 31.5 Å². The van der Waals surface area contributed by atoms with Crippen molar-refractivity contribution in [2.45, 2.75) is 26.7 Å². The average Bonchev–Trinajstić information content (AvgIpc) is 2.53. The van der Waals surface area contributed by atoms with Crippen molar-refractivity contribution in [2.75, 3.05) is 24.5 Å². The monoisotopic (exact) mass is 311 g/mol. The second-order valence-corrected chi connectivity index (χ2v) is 5.83. The van der Waals surface area contributed by atoms with E-state index >= 15 is 0 Å². The maximum Gasteiger partial charge on any atom is 0.134 e. The molecule has 0 spiro atoms. The summed E-state index contributed by atoms with van der Waals surface area (Å²) in [5.74, 6) is 0.805.